The van der Waals surface area contributed by atoms with E-state index < -0.39 is 5.92 Å². The van der Waals surface area contributed by atoms with Gasteiger partial charge in [-0.1, -0.05) is 18.1 Å². The van der Waals surface area contributed by atoms with Crippen molar-refractivity contribution in [2.45, 2.75) is 27.2 Å². The van der Waals surface area contributed by atoms with Crippen LogP contribution < -0.4 is 11.1 Å². The highest BCUT2D eigenvalue weighted by Crippen LogP contribution is 2.15. The Kier molecular flexibility index (Phi) is 4.71. The maximum Gasteiger partial charge on any atom is 0.235 e. The van der Waals surface area contributed by atoms with Crippen LogP contribution in [0, 0.1) is 19.8 Å². The maximum absolute atomic E-state index is 12.0. The Balaban J connectivity index is 2.83. The molecule has 0 bridgehead atoms. The van der Waals surface area contributed by atoms with Gasteiger partial charge in [0.25, 0.3) is 0 Å². The van der Waals surface area contributed by atoms with E-state index in [0.717, 1.165) is 11.1 Å². The Labute approximate surface area is 107 Å². The smallest absolute Gasteiger partial charge is 0.235 e. The third kappa shape index (κ3) is 3.23. The highest BCUT2D eigenvalue weighted by molar-refractivity contribution is 6.07. The number of rotatable bonds is 4. The molecule has 1 amide bonds. The van der Waals surface area contributed by atoms with Crippen molar-refractivity contribution in [3.63, 3.8) is 0 Å². The molecule has 1 rings (SSSR count). The zero-order valence-corrected chi connectivity index (χ0v) is 10.9. The highest BCUT2D eigenvalue weighted by Gasteiger charge is 2.21. The number of hydrogen-bond donors (Lipinski definition) is 3. The number of nitrogens with two attached hydrogens (primary N) is 1. The lowest BCUT2D eigenvalue weighted by Gasteiger charge is -2.14. The number of benzene rings is 1. The molecule has 4 N–H and O–H groups in total. The van der Waals surface area contributed by atoms with Crippen LogP contribution in [0.4, 0.5) is 5.69 Å². The van der Waals surface area contributed by atoms with E-state index >= 15 is 0 Å². The molecule has 0 aliphatic rings. The zero-order chi connectivity index (χ0) is 13.7. The number of nitrogens with zero attached hydrogens (tertiary/aromatic N) is 1. The molecular weight excluding hydrogens is 230 g/mol. The van der Waals surface area contributed by atoms with Crippen molar-refractivity contribution in [3.05, 3.63) is 29.3 Å². The van der Waals surface area contributed by atoms with E-state index in [1.807, 2.05) is 39.0 Å². The summed E-state index contributed by atoms with van der Waals surface area (Å²) in [5.74, 6) is -0.952. The normalized spacial score (nSPS) is 13.2. The number of amides is 1. The molecule has 0 heterocycles. The second-order valence-corrected chi connectivity index (χ2v) is 4.27. The fourth-order valence-corrected chi connectivity index (χ4v) is 1.65. The molecule has 1 atom stereocenters. The molecule has 0 saturated heterocycles. The molecule has 0 aromatic heterocycles. The molecule has 1 aromatic rings. The van der Waals surface area contributed by atoms with Crippen LogP contribution in [0.2, 0.25) is 0 Å². The number of aryl methyl sites for hydroxylation is 2. The van der Waals surface area contributed by atoms with Gasteiger partial charge in [0, 0.05) is 5.69 Å². The van der Waals surface area contributed by atoms with E-state index in [1.165, 1.54) is 0 Å². The average molecular weight is 249 g/mol. The number of nitrogens with one attached hydrogen (secondary N) is 1. The molecule has 0 fully saturated rings. The van der Waals surface area contributed by atoms with Crippen LogP contribution in [-0.2, 0) is 4.79 Å². The van der Waals surface area contributed by atoms with E-state index in [4.69, 9.17) is 10.9 Å². The molecule has 1 unspecified atom stereocenters. The van der Waals surface area contributed by atoms with Crippen LogP contribution in [0.1, 0.15) is 24.5 Å². The van der Waals surface area contributed by atoms with Gasteiger partial charge >= 0.3 is 0 Å². The minimum absolute atomic E-state index is 0.0705. The topological polar surface area (TPSA) is 87.7 Å². The largest absolute Gasteiger partial charge is 0.409 e. The molecular formula is C13H19N3O2. The van der Waals surface area contributed by atoms with E-state index in [1.54, 1.807) is 0 Å². The first-order chi connectivity index (χ1) is 8.49. The Bertz CT molecular complexity index is 469. The zero-order valence-electron chi connectivity index (χ0n) is 10.9. The molecule has 0 aliphatic carbocycles. The van der Waals surface area contributed by atoms with E-state index in [9.17, 15) is 4.79 Å². The Morgan fingerprint density at radius 3 is 2.61 bits per heavy atom. The van der Waals surface area contributed by atoms with Crippen LogP contribution >= 0.6 is 0 Å². The van der Waals surface area contributed by atoms with Crippen LogP contribution in [0.15, 0.2) is 23.4 Å². The van der Waals surface area contributed by atoms with Crippen molar-refractivity contribution in [1.82, 2.24) is 0 Å². The molecule has 0 spiro atoms. The first kappa shape index (κ1) is 14.0. The second kappa shape index (κ2) is 6.05. The maximum atomic E-state index is 12.0. The number of amidine groups is 1. The lowest BCUT2D eigenvalue weighted by molar-refractivity contribution is -0.118. The fraction of sp³-hybridized carbons (Fsp3) is 0.385. The lowest BCUT2D eigenvalue weighted by atomic mass is 10.0. The van der Waals surface area contributed by atoms with Gasteiger partial charge in [0.15, 0.2) is 5.84 Å². The molecule has 0 saturated carbocycles. The predicted molar refractivity (Wildman–Crippen MR) is 71.7 cm³/mol. The monoisotopic (exact) mass is 249 g/mol. The summed E-state index contributed by atoms with van der Waals surface area (Å²) in [6, 6.07) is 5.67. The van der Waals surface area contributed by atoms with E-state index in [2.05, 4.69) is 10.5 Å². The minimum atomic E-state index is -0.614. The van der Waals surface area contributed by atoms with Gasteiger partial charge in [-0.05, 0) is 43.5 Å². The quantitative estimate of drug-likeness (QED) is 0.330. The summed E-state index contributed by atoms with van der Waals surface area (Å²) >= 11 is 0. The number of carbonyl (C=O) groups is 1. The van der Waals surface area contributed by atoms with Crippen LogP contribution in [0.3, 0.4) is 0 Å². The van der Waals surface area contributed by atoms with Gasteiger partial charge in [0.05, 0.1) is 5.92 Å². The summed E-state index contributed by atoms with van der Waals surface area (Å²) in [6.45, 7) is 5.79. The summed E-state index contributed by atoms with van der Waals surface area (Å²) in [7, 11) is 0. The number of oxime groups is 1. The molecule has 0 aliphatic heterocycles. The van der Waals surface area contributed by atoms with Gasteiger partial charge < -0.3 is 16.3 Å². The molecule has 1 aromatic carbocycles. The summed E-state index contributed by atoms with van der Waals surface area (Å²) in [4.78, 5) is 12.0. The van der Waals surface area contributed by atoms with Gasteiger partial charge in [-0.3, -0.25) is 4.79 Å². The number of anilines is 1. The molecule has 18 heavy (non-hydrogen) atoms. The molecule has 98 valence electrons. The SMILES string of the molecule is CCC(C(=O)Nc1ccc(C)c(C)c1)/C(N)=N/O. The van der Waals surface area contributed by atoms with Gasteiger partial charge in [-0.15, -0.1) is 0 Å². The third-order valence-electron chi connectivity index (χ3n) is 2.97. The standard InChI is InChI=1S/C13H19N3O2/c1-4-11(12(14)16-18)13(17)15-10-6-5-8(2)9(3)7-10/h5-7,11,18H,4H2,1-3H3,(H2,14,16)(H,15,17). The molecule has 5 nitrogen and oxygen atoms in total. The second-order valence-electron chi connectivity index (χ2n) is 4.27. The lowest BCUT2D eigenvalue weighted by Crippen LogP contribution is -2.34. The number of carbonyl (C=O) groups excluding carboxylic acids is 1. The highest BCUT2D eigenvalue weighted by atomic mass is 16.4. The van der Waals surface area contributed by atoms with Gasteiger partial charge in [-0.2, -0.15) is 0 Å². The Morgan fingerprint density at radius 2 is 2.11 bits per heavy atom. The van der Waals surface area contributed by atoms with Crippen molar-refractivity contribution in [3.8, 4) is 0 Å². The average Bonchev–Trinajstić information content (AvgIpc) is 2.34. The fourth-order valence-electron chi connectivity index (χ4n) is 1.65. The van der Waals surface area contributed by atoms with Crippen LogP contribution in [0.5, 0.6) is 0 Å². The first-order valence-electron chi connectivity index (χ1n) is 5.85. The van der Waals surface area contributed by atoms with Crippen molar-refractivity contribution < 1.29 is 10.0 Å². The van der Waals surface area contributed by atoms with Crippen molar-refractivity contribution in [2.24, 2.45) is 16.8 Å². The minimum Gasteiger partial charge on any atom is -0.409 e. The Morgan fingerprint density at radius 1 is 1.44 bits per heavy atom. The number of hydrogen-bond acceptors (Lipinski definition) is 3. The first-order valence-corrected chi connectivity index (χ1v) is 5.85. The molecule has 0 radical (unpaired) electrons. The van der Waals surface area contributed by atoms with Crippen LogP contribution in [0.25, 0.3) is 0 Å². The van der Waals surface area contributed by atoms with E-state index in [0.29, 0.717) is 12.1 Å². The van der Waals surface area contributed by atoms with Crippen molar-refractivity contribution in [2.75, 3.05) is 5.32 Å². The van der Waals surface area contributed by atoms with E-state index in [-0.39, 0.29) is 11.7 Å². The Hall–Kier alpha value is -2.04. The summed E-state index contributed by atoms with van der Waals surface area (Å²) in [5, 5.41) is 14.3. The van der Waals surface area contributed by atoms with Crippen molar-refractivity contribution in [1.29, 1.82) is 0 Å². The van der Waals surface area contributed by atoms with Crippen molar-refractivity contribution >= 4 is 17.4 Å². The van der Waals surface area contributed by atoms with Gasteiger partial charge in [-0.25, -0.2) is 0 Å². The summed E-state index contributed by atoms with van der Waals surface area (Å²) in [6.07, 6.45) is 0.479. The summed E-state index contributed by atoms with van der Waals surface area (Å²) < 4.78 is 0. The molecule has 5 heteroatoms. The predicted octanol–water partition coefficient (Wildman–Crippen LogP) is 2.01. The summed E-state index contributed by atoms with van der Waals surface area (Å²) in [5.41, 5.74) is 8.46. The van der Waals surface area contributed by atoms with Gasteiger partial charge in [0.2, 0.25) is 5.91 Å². The van der Waals surface area contributed by atoms with Crippen LogP contribution in [-0.4, -0.2) is 17.0 Å². The van der Waals surface area contributed by atoms with Gasteiger partial charge in [0.1, 0.15) is 0 Å². The third-order valence-corrected chi connectivity index (χ3v) is 2.97.